The Morgan fingerprint density at radius 1 is 1.19 bits per heavy atom. The van der Waals surface area contributed by atoms with E-state index in [4.69, 9.17) is 0 Å². The lowest BCUT2D eigenvalue weighted by Gasteiger charge is -2.34. The van der Waals surface area contributed by atoms with E-state index in [1.807, 2.05) is 28.8 Å². The number of benzene rings is 2. The number of hydrogen-bond acceptors (Lipinski definition) is 2. The summed E-state index contributed by atoms with van der Waals surface area (Å²) >= 11 is 0. The van der Waals surface area contributed by atoms with Crippen molar-refractivity contribution in [3.63, 3.8) is 0 Å². The molecule has 0 radical (unpaired) electrons. The number of carbonyl (C=O) groups is 1. The lowest BCUT2D eigenvalue weighted by molar-refractivity contribution is -0.120. The van der Waals surface area contributed by atoms with Crippen LogP contribution in [-0.4, -0.2) is 15.5 Å². The van der Waals surface area contributed by atoms with Crippen molar-refractivity contribution in [2.24, 2.45) is 13.0 Å². The first-order valence-electron chi connectivity index (χ1n) is 11.4. The topological polar surface area (TPSA) is 38.1 Å². The van der Waals surface area contributed by atoms with Crippen molar-refractivity contribution in [3.8, 4) is 0 Å². The minimum absolute atomic E-state index is 0.0511. The van der Waals surface area contributed by atoms with Crippen molar-refractivity contribution in [1.82, 2.24) is 9.55 Å². The molecule has 2 aromatic carbocycles. The highest BCUT2D eigenvalue weighted by Crippen LogP contribution is 2.49. The molecule has 1 amide bonds. The van der Waals surface area contributed by atoms with Crippen LogP contribution < -0.4 is 4.90 Å². The number of carbonyl (C=O) groups excluding carboxylic acids is 1. The van der Waals surface area contributed by atoms with Gasteiger partial charge >= 0.3 is 0 Å². The fourth-order valence-electron chi connectivity index (χ4n) is 5.19. The van der Waals surface area contributed by atoms with E-state index in [-0.39, 0.29) is 17.2 Å². The van der Waals surface area contributed by atoms with E-state index >= 15 is 0 Å². The fraction of sp³-hybridized carbons (Fsp3) is 0.407. The van der Waals surface area contributed by atoms with Crippen LogP contribution in [0.15, 0.2) is 60.9 Å². The zero-order chi connectivity index (χ0) is 21.6. The monoisotopic (exact) mass is 413 g/mol. The molecule has 160 valence electrons. The average Bonchev–Trinajstić information content (AvgIpc) is 3.47. The van der Waals surface area contributed by atoms with Crippen LogP contribution in [0.1, 0.15) is 61.5 Å². The molecule has 0 unspecified atom stereocenters. The van der Waals surface area contributed by atoms with Gasteiger partial charge in [-0.15, -0.1) is 0 Å². The smallest absolute Gasteiger partial charge is 0.231 e. The Hall–Kier alpha value is -2.88. The molecule has 3 aromatic rings. The Labute approximate surface area is 184 Å². The molecule has 31 heavy (non-hydrogen) atoms. The summed E-state index contributed by atoms with van der Waals surface area (Å²) in [6.45, 7) is 5.16. The standard InChI is InChI=1S/C27H31N3O/c1-27(2)13-7-10-20-16-21(11-12-24(20)27)30(18-25-28-14-15-29(25)3)26(31)23-17-22(23)19-8-5-4-6-9-19/h4-6,8-9,11-12,14-16,22-23H,7,10,13,17-18H2,1-3H3/t22-,23+/m1/s1. The zero-order valence-corrected chi connectivity index (χ0v) is 18.7. The number of nitrogens with zero attached hydrogens (tertiary/aromatic N) is 3. The third-order valence-corrected chi connectivity index (χ3v) is 7.20. The molecule has 0 bridgehead atoms. The molecule has 0 N–H and O–H groups in total. The lowest BCUT2D eigenvalue weighted by Crippen LogP contribution is -2.33. The number of imidazole rings is 1. The van der Waals surface area contributed by atoms with E-state index in [9.17, 15) is 4.79 Å². The number of hydrogen-bond donors (Lipinski definition) is 0. The van der Waals surface area contributed by atoms with Gasteiger partial charge in [-0.05, 0) is 65.8 Å². The molecule has 4 nitrogen and oxygen atoms in total. The van der Waals surface area contributed by atoms with Gasteiger partial charge in [-0.2, -0.15) is 0 Å². The van der Waals surface area contributed by atoms with Crippen LogP contribution in [0.5, 0.6) is 0 Å². The number of fused-ring (bicyclic) bond motifs is 1. The van der Waals surface area contributed by atoms with Gasteiger partial charge in [0, 0.05) is 31.0 Å². The maximum atomic E-state index is 13.7. The van der Waals surface area contributed by atoms with Crippen LogP contribution in [-0.2, 0) is 30.2 Å². The molecule has 1 saturated carbocycles. The van der Waals surface area contributed by atoms with Gasteiger partial charge in [0.05, 0.1) is 6.54 Å². The molecule has 0 spiro atoms. The van der Waals surface area contributed by atoms with Crippen LogP contribution in [0.25, 0.3) is 0 Å². The molecule has 2 aliphatic rings. The van der Waals surface area contributed by atoms with E-state index in [1.54, 1.807) is 6.20 Å². The van der Waals surface area contributed by atoms with E-state index < -0.39 is 0 Å². The normalized spacial score (nSPS) is 21.4. The van der Waals surface area contributed by atoms with Gasteiger partial charge in [0.1, 0.15) is 5.82 Å². The van der Waals surface area contributed by atoms with Crippen molar-refractivity contribution in [2.45, 2.75) is 57.4 Å². The van der Waals surface area contributed by atoms with Gasteiger partial charge in [-0.3, -0.25) is 4.79 Å². The van der Waals surface area contributed by atoms with Gasteiger partial charge < -0.3 is 9.47 Å². The zero-order valence-electron chi connectivity index (χ0n) is 18.7. The second-order valence-electron chi connectivity index (χ2n) is 9.82. The van der Waals surface area contributed by atoms with Gasteiger partial charge in [0.25, 0.3) is 0 Å². The molecule has 4 heteroatoms. The maximum Gasteiger partial charge on any atom is 0.231 e. The molecule has 2 atom stereocenters. The van der Waals surface area contributed by atoms with Gasteiger partial charge in [0.2, 0.25) is 5.91 Å². The lowest BCUT2D eigenvalue weighted by atomic mass is 9.73. The quantitative estimate of drug-likeness (QED) is 0.564. The van der Waals surface area contributed by atoms with E-state index in [0.29, 0.717) is 12.5 Å². The molecule has 1 aromatic heterocycles. The highest BCUT2D eigenvalue weighted by atomic mass is 16.2. The van der Waals surface area contributed by atoms with Crippen LogP contribution in [0, 0.1) is 5.92 Å². The third-order valence-electron chi connectivity index (χ3n) is 7.20. The molecule has 1 heterocycles. The number of rotatable bonds is 5. The summed E-state index contributed by atoms with van der Waals surface area (Å²) in [5.41, 5.74) is 5.30. The summed E-state index contributed by atoms with van der Waals surface area (Å²) in [5.74, 6) is 1.50. The highest BCUT2D eigenvalue weighted by Gasteiger charge is 2.46. The maximum absolute atomic E-state index is 13.7. The summed E-state index contributed by atoms with van der Waals surface area (Å²) in [4.78, 5) is 20.2. The largest absolute Gasteiger partial charge is 0.337 e. The molecule has 0 aliphatic heterocycles. The van der Waals surface area contributed by atoms with Crippen molar-refractivity contribution in [3.05, 3.63) is 83.4 Å². The van der Waals surface area contributed by atoms with Crippen molar-refractivity contribution in [2.75, 3.05) is 4.90 Å². The second-order valence-corrected chi connectivity index (χ2v) is 9.82. The van der Waals surface area contributed by atoms with E-state index in [1.165, 1.54) is 29.5 Å². The van der Waals surface area contributed by atoms with E-state index in [2.05, 4.69) is 61.3 Å². The first-order valence-corrected chi connectivity index (χ1v) is 11.4. The summed E-state index contributed by atoms with van der Waals surface area (Å²) in [6.07, 6.45) is 8.19. The Morgan fingerprint density at radius 3 is 2.74 bits per heavy atom. The van der Waals surface area contributed by atoms with Crippen LogP contribution >= 0.6 is 0 Å². The van der Waals surface area contributed by atoms with Gasteiger partial charge in [0.15, 0.2) is 0 Å². The minimum atomic E-state index is 0.0511. The molecular weight excluding hydrogens is 382 g/mol. The van der Waals surface area contributed by atoms with Crippen molar-refractivity contribution in [1.29, 1.82) is 0 Å². The van der Waals surface area contributed by atoms with Crippen LogP contribution in [0.2, 0.25) is 0 Å². The molecular formula is C27H31N3O. The van der Waals surface area contributed by atoms with Crippen molar-refractivity contribution >= 4 is 11.6 Å². The van der Waals surface area contributed by atoms with E-state index in [0.717, 1.165) is 24.4 Å². The Balaban J connectivity index is 1.47. The SMILES string of the molecule is Cn1ccnc1CN(C(=O)[C@H]1C[C@@H]1c1ccccc1)c1ccc2c(c1)CCCC2(C)C. The highest BCUT2D eigenvalue weighted by molar-refractivity contribution is 5.97. The fourth-order valence-corrected chi connectivity index (χ4v) is 5.19. The van der Waals surface area contributed by atoms with Gasteiger partial charge in [-0.1, -0.05) is 50.2 Å². The molecule has 1 fully saturated rings. The third kappa shape index (κ3) is 3.80. The summed E-state index contributed by atoms with van der Waals surface area (Å²) in [6, 6.07) is 17.1. The molecule has 5 rings (SSSR count). The summed E-state index contributed by atoms with van der Waals surface area (Å²) in [7, 11) is 1.99. The van der Waals surface area contributed by atoms with Crippen LogP contribution in [0.3, 0.4) is 0 Å². The predicted molar refractivity (Wildman–Crippen MR) is 124 cm³/mol. The number of amides is 1. The minimum Gasteiger partial charge on any atom is -0.337 e. The predicted octanol–water partition coefficient (Wildman–Crippen LogP) is 5.37. The number of anilines is 1. The molecule has 0 saturated heterocycles. The Bertz CT molecular complexity index is 1100. The summed E-state index contributed by atoms with van der Waals surface area (Å²) < 4.78 is 2.00. The van der Waals surface area contributed by atoms with Gasteiger partial charge in [-0.25, -0.2) is 4.98 Å². The van der Waals surface area contributed by atoms with Crippen LogP contribution in [0.4, 0.5) is 5.69 Å². The first kappa shape index (κ1) is 20.0. The Kier molecular flexibility index (Phi) is 4.96. The second kappa shape index (κ2) is 7.67. The Morgan fingerprint density at radius 2 is 2.00 bits per heavy atom. The number of aryl methyl sites for hydroxylation is 2. The average molecular weight is 414 g/mol. The molecule has 2 aliphatic carbocycles. The summed E-state index contributed by atoms with van der Waals surface area (Å²) in [5, 5.41) is 0. The van der Waals surface area contributed by atoms with Crippen molar-refractivity contribution < 1.29 is 4.79 Å². The number of aromatic nitrogens is 2. The first-order chi connectivity index (χ1) is 14.9.